The number of hydrogen-bond donors (Lipinski definition) is 1. The number of rotatable bonds is 5. The molecule has 1 aromatic carbocycles. The first-order valence-corrected chi connectivity index (χ1v) is 5.74. The summed E-state index contributed by atoms with van der Waals surface area (Å²) >= 11 is 0. The Morgan fingerprint density at radius 3 is 2.72 bits per heavy atom. The van der Waals surface area contributed by atoms with Crippen LogP contribution in [0.3, 0.4) is 0 Å². The average Bonchev–Trinajstić information content (AvgIpc) is 2.35. The Bertz CT molecular complexity index is 466. The predicted molar refractivity (Wildman–Crippen MR) is 67.1 cm³/mol. The normalized spacial score (nSPS) is 11.4. The molecule has 96 valence electrons. The monoisotopic (exact) mass is 248 g/mol. The minimum absolute atomic E-state index is 0.284. The summed E-state index contributed by atoms with van der Waals surface area (Å²) in [5.74, 6) is -0.0638. The van der Waals surface area contributed by atoms with Gasteiger partial charge in [-0.3, -0.25) is 0 Å². The fourth-order valence-electron chi connectivity index (χ4n) is 1.39. The molecule has 0 amide bonds. The van der Waals surface area contributed by atoms with E-state index in [2.05, 4.69) is 0 Å². The summed E-state index contributed by atoms with van der Waals surface area (Å²) < 4.78 is 10.3. The van der Waals surface area contributed by atoms with Crippen molar-refractivity contribution in [3.63, 3.8) is 0 Å². The zero-order chi connectivity index (χ0) is 13.5. The molecule has 5 heteroatoms. The molecule has 0 heterocycles. The van der Waals surface area contributed by atoms with Crippen LogP contribution >= 0.6 is 0 Å². The lowest BCUT2D eigenvalue weighted by atomic mass is 10.2. The molecule has 1 unspecified atom stereocenters. The molecule has 1 aromatic rings. The lowest BCUT2D eigenvalue weighted by molar-refractivity contribution is 0.0401. The Morgan fingerprint density at radius 1 is 1.44 bits per heavy atom. The molecule has 0 radical (unpaired) electrons. The summed E-state index contributed by atoms with van der Waals surface area (Å²) in [6, 6.07) is 6.57. The van der Waals surface area contributed by atoms with Crippen LogP contribution in [0.2, 0.25) is 0 Å². The second kappa shape index (κ2) is 6.50. The smallest absolute Gasteiger partial charge is 0.339 e. The van der Waals surface area contributed by atoms with E-state index in [0.717, 1.165) is 0 Å². The van der Waals surface area contributed by atoms with Crippen LogP contribution in [0.1, 0.15) is 30.6 Å². The summed E-state index contributed by atoms with van der Waals surface area (Å²) in [5, 5.41) is 8.74. The van der Waals surface area contributed by atoms with Crippen molar-refractivity contribution in [2.45, 2.75) is 26.4 Å². The fraction of sp³-hybridized carbons (Fsp3) is 0.385. The zero-order valence-corrected chi connectivity index (χ0v) is 10.5. The summed E-state index contributed by atoms with van der Waals surface area (Å²) in [4.78, 5) is 11.8. The van der Waals surface area contributed by atoms with E-state index in [0.29, 0.717) is 24.5 Å². The number of carbonyl (C=O) groups is 1. The number of nitrogens with zero attached hydrogens (tertiary/aromatic N) is 1. The number of carbonyl (C=O) groups excluding carboxylic acids is 1. The van der Waals surface area contributed by atoms with E-state index in [1.54, 1.807) is 19.1 Å². The van der Waals surface area contributed by atoms with E-state index in [9.17, 15) is 4.79 Å². The molecule has 0 aromatic heterocycles. The molecule has 0 saturated carbocycles. The van der Waals surface area contributed by atoms with Gasteiger partial charge in [0.15, 0.2) is 6.10 Å². The average molecular weight is 248 g/mol. The SMILES string of the molecule is CCOc1cc(N)cc(C(=O)OC(C#N)CC)c1. The highest BCUT2D eigenvalue weighted by Gasteiger charge is 2.15. The number of nitriles is 1. The third-order valence-corrected chi connectivity index (χ3v) is 2.24. The molecule has 0 saturated heterocycles. The van der Waals surface area contributed by atoms with Crippen molar-refractivity contribution in [3.05, 3.63) is 23.8 Å². The first kappa shape index (κ1) is 13.8. The van der Waals surface area contributed by atoms with Crippen LogP contribution in [0.25, 0.3) is 0 Å². The van der Waals surface area contributed by atoms with Crippen LogP contribution in [0.15, 0.2) is 18.2 Å². The first-order valence-electron chi connectivity index (χ1n) is 5.74. The molecule has 1 atom stereocenters. The first-order chi connectivity index (χ1) is 8.60. The summed E-state index contributed by atoms with van der Waals surface area (Å²) in [5.41, 5.74) is 6.37. The van der Waals surface area contributed by atoms with Crippen molar-refractivity contribution in [1.82, 2.24) is 0 Å². The maximum atomic E-state index is 11.8. The zero-order valence-electron chi connectivity index (χ0n) is 10.5. The number of nitrogen functional groups attached to an aromatic ring is 1. The Kier molecular flexibility index (Phi) is 5.00. The van der Waals surface area contributed by atoms with E-state index in [1.807, 2.05) is 13.0 Å². The molecule has 0 fully saturated rings. The molecule has 1 rings (SSSR count). The van der Waals surface area contributed by atoms with Crippen molar-refractivity contribution < 1.29 is 14.3 Å². The Labute approximate surface area is 106 Å². The van der Waals surface area contributed by atoms with Crippen LogP contribution in [0.5, 0.6) is 5.75 Å². The van der Waals surface area contributed by atoms with Crippen molar-refractivity contribution in [3.8, 4) is 11.8 Å². The highest BCUT2D eigenvalue weighted by Crippen LogP contribution is 2.20. The third-order valence-electron chi connectivity index (χ3n) is 2.24. The number of anilines is 1. The molecule has 5 nitrogen and oxygen atoms in total. The topological polar surface area (TPSA) is 85.3 Å². The van der Waals surface area contributed by atoms with Gasteiger partial charge in [-0.25, -0.2) is 4.79 Å². The van der Waals surface area contributed by atoms with E-state index in [4.69, 9.17) is 20.5 Å². The van der Waals surface area contributed by atoms with Crippen molar-refractivity contribution >= 4 is 11.7 Å². The fourth-order valence-corrected chi connectivity index (χ4v) is 1.39. The Balaban J connectivity index is 2.88. The second-order valence-electron chi connectivity index (χ2n) is 3.66. The third kappa shape index (κ3) is 3.67. The number of hydrogen-bond acceptors (Lipinski definition) is 5. The minimum atomic E-state index is -0.741. The maximum Gasteiger partial charge on any atom is 0.339 e. The number of ether oxygens (including phenoxy) is 2. The van der Waals surface area contributed by atoms with E-state index in [1.165, 1.54) is 6.07 Å². The lowest BCUT2D eigenvalue weighted by Crippen LogP contribution is -2.16. The van der Waals surface area contributed by atoms with Gasteiger partial charge in [-0.15, -0.1) is 0 Å². The minimum Gasteiger partial charge on any atom is -0.494 e. The van der Waals surface area contributed by atoms with Gasteiger partial charge in [0.25, 0.3) is 0 Å². The summed E-state index contributed by atoms with van der Waals surface area (Å²) in [6.07, 6.45) is -0.294. The lowest BCUT2D eigenvalue weighted by Gasteiger charge is -2.10. The molecule has 0 aliphatic carbocycles. The summed E-state index contributed by atoms with van der Waals surface area (Å²) in [6.45, 7) is 4.09. The van der Waals surface area contributed by atoms with Gasteiger partial charge in [0.05, 0.1) is 12.2 Å². The maximum absolute atomic E-state index is 11.8. The number of esters is 1. The highest BCUT2D eigenvalue weighted by atomic mass is 16.5. The van der Waals surface area contributed by atoms with Gasteiger partial charge in [-0.2, -0.15) is 5.26 Å². The molecule has 0 aliphatic rings. The molecular formula is C13H16N2O3. The second-order valence-corrected chi connectivity index (χ2v) is 3.66. The largest absolute Gasteiger partial charge is 0.494 e. The van der Waals surface area contributed by atoms with Crippen LogP contribution < -0.4 is 10.5 Å². The van der Waals surface area contributed by atoms with Crippen molar-refractivity contribution in [2.75, 3.05) is 12.3 Å². The van der Waals surface area contributed by atoms with Crippen LogP contribution in [-0.4, -0.2) is 18.7 Å². The van der Waals surface area contributed by atoms with E-state index in [-0.39, 0.29) is 5.56 Å². The van der Waals surface area contributed by atoms with Gasteiger partial charge in [0.1, 0.15) is 11.8 Å². The number of nitrogens with two attached hydrogens (primary N) is 1. The Hall–Kier alpha value is -2.22. The van der Waals surface area contributed by atoms with Gasteiger partial charge in [-0.05, 0) is 25.5 Å². The van der Waals surface area contributed by atoms with Gasteiger partial charge < -0.3 is 15.2 Å². The van der Waals surface area contributed by atoms with Crippen LogP contribution in [0, 0.1) is 11.3 Å². The van der Waals surface area contributed by atoms with Crippen LogP contribution in [-0.2, 0) is 4.74 Å². The molecule has 0 aliphatic heterocycles. The van der Waals surface area contributed by atoms with Gasteiger partial charge in [-0.1, -0.05) is 6.92 Å². The predicted octanol–water partition coefficient (Wildman–Crippen LogP) is 2.13. The Morgan fingerprint density at radius 2 is 2.17 bits per heavy atom. The highest BCUT2D eigenvalue weighted by molar-refractivity contribution is 5.91. The van der Waals surface area contributed by atoms with Crippen LogP contribution in [0.4, 0.5) is 5.69 Å². The van der Waals surface area contributed by atoms with Gasteiger partial charge in [0.2, 0.25) is 0 Å². The van der Waals surface area contributed by atoms with Gasteiger partial charge in [0, 0.05) is 11.8 Å². The molecule has 0 bridgehead atoms. The van der Waals surface area contributed by atoms with Crippen molar-refractivity contribution in [2.24, 2.45) is 0 Å². The number of benzene rings is 1. The summed E-state index contributed by atoms with van der Waals surface area (Å²) in [7, 11) is 0. The molecule has 2 N–H and O–H groups in total. The molecule has 0 spiro atoms. The quantitative estimate of drug-likeness (QED) is 0.637. The standard InChI is InChI=1S/C13H16N2O3/c1-3-11(8-14)18-13(16)9-5-10(15)7-12(6-9)17-4-2/h5-7,11H,3-4,15H2,1-2H3. The molecular weight excluding hydrogens is 232 g/mol. The van der Waals surface area contributed by atoms with Gasteiger partial charge >= 0.3 is 5.97 Å². The molecule has 18 heavy (non-hydrogen) atoms. The van der Waals surface area contributed by atoms with Crippen molar-refractivity contribution in [1.29, 1.82) is 5.26 Å². The van der Waals surface area contributed by atoms with E-state index >= 15 is 0 Å². The van der Waals surface area contributed by atoms with E-state index < -0.39 is 12.1 Å².